The number of nitrogens with two attached hydrogens (primary N) is 1. The van der Waals surface area contributed by atoms with Crippen LogP contribution >= 0.6 is 11.6 Å². The number of nitrogen functional groups attached to an aromatic ring is 1. The first kappa shape index (κ1) is 14.8. The van der Waals surface area contributed by atoms with Crippen LogP contribution in [-0.2, 0) is 0 Å². The van der Waals surface area contributed by atoms with Crippen molar-refractivity contribution >= 4 is 23.2 Å². The molecule has 4 N–H and O–H groups in total. The van der Waals surface area contributed by atoms with Crippen LogP contribution in [0.3, 0.4) is 0 Å². The summed E-state index contributed by atoms with van der Waals surface area (Å²) in [5.74, 6) is 5.24. The molecule has 1 unspecified atom stereocenters. The van der Waals surface area contributed by atoms with E-state index in [-0.39, 0.29) is 11.9 Å². The molecule has 18 heavy (non-hydrogen) atoms. The molecule has 0 aliphatic rings. The van der Waals surface area contributed by atoms with Crippen molar-refractivity contribution in [1.29, 1.82) is 0 Å². The number of hydrogen-bond donors (Lipinski definition) is 3. The molecule has 0 aliphatic heterocycles. The second kappa shape index (κ2) is 7.24. The number of halogens is 1. The number of hydrogen-bond acceptors (Lipinski definition) is 3. The zero-order valence-corrected chi connectivity index (χ0v) is 11.6. The van der Waals surface area contributed by atoms with Crippen molar-refractivity contribution in [2.45, 2.75) is 39.2 Å². The van der Waals surface area contributed by atoms with Crippen LogP contribution in [0.15, 0.2) is 18.2 Å². The Morgan fingerprint density at radius 2 is 2.17 bits per heavy atom. The van der Waals surface area contributed by atoms with Gasteiger partial charge in [0.1, 0.15) is 0 Å². The number of benzene rings is 1. The van der Waals surface area contributed by atoms with Crippen molar-refractivity contribution in [3.05, 3.63) is 28.8 Å². The minimum atomic E-state index is -0.147. The van der Waals surface area contributed by atoms with Crippen molar-refractivity contribution in [3.8, 4) is 0 Å². The lowest BCUT2D eigenvalue weighted by Crippen LogP contribution is -2.34. The minimum Gasteiger partial charge on any atom is -0.349 e. The number of carbonyl (C=O) groups is 1. The van der Waals surface area contributed by atoms with Gasteiger partial charge in [-0.3, -0.25) is 10.6 Å². The average molecular weight is 270 g/mol. The van der Waals surface area contributed by atoms with Crippen LogP contribution in [0.25, 0.3) is 0 Å². The molecule has 1 atom stereocenters. The fourth-order valence-corrected chi connectivity index (χ4v) is 1.99. The van der Waals surface area contributed by atoms with Crippen molar-refractivity contribution in [2.75, 3.05) is 5.43 Å². The highest BCUT2D eigenvalue weighted by Gasteiger charge is 2.15. The van der Waals surface area contributed by atoms with Gasteiger partial charge in [0, 0.05) is 11.1 Å². The third-order valence-electron chi connectivity index (χ3n) is 2.85. The van der Waals surface area contributed by atoms with Gasteiger partial charge in [-0.1, -0.05) is 31.9 Å². The van der Waals surface area contributed by atoms with Gasteiger partial charge >= 0.3 is 0 Å². The fourth-order valence-electron chi connectivity index (χ4n) is 1.82. The Labute approximate surface area is 113 Å². The summed E-state index contributed by atoms with van der Waals surface area (Å²) in [6.07, 6.45) is 2.91. The van der Waals surface area contributed by atoms with Crippen LogP contribution < -0.4 is 16.6 Å². The maximum absolute atomic E-state index is 12.2. The van der Waals surface area contributed by atoms with Gasteiger partial charge in [-0.05, 0) is 31.0 Å². The van der Waals surface area contributed by atoms with Gasteiger partial charge in [0.05, 0.1) is 11.3 Å². The van der Waals surface area contributed by atoms with Crippen LogP contribution in [0.2, 0.25) is 5.02 Å². The van der Waals surface area contributed by atoms with Crippen LogP contribution in [0.5, 0.6) is 0 Å². The zero-order chi connectivity index (χ0) is 13.5. The van der Waals surface area contributed by atoms with E-state index in [4.69, 9.17) is 17.4 Å². The first-order valence-electron chi connectivity index (χ1n) is 6.19. The van der Waals surface area contributed by atoms with E-state index in [1.54, 1.807) is 18.2 Å². The molecule has 100 valence electrons. The zero-order valence-electron chi connectivity index (χ0n) is 10.8. The Balaban J connectivity index is 2.85. The number of rotatable bonds is 6. The van der Waals surface area contributed by atoms with E-state index >= 15 is 0 Å². The monoisotopic (exact) mass is 269 g/mol. The van der Waals surface area contributed by atoms with Gasteiger partial charge < -0.3 is 10.7 Å². The summed E-state index contributed by atoms with van der Waals surface area (Å²) in [7, 11) is 0. The molecule has 0 saturated carbocycles. The fraction of sp³-hybridized carbons (Fsp3) is 0.462. The Morgan fingerprint density at radius 1 is 1.44 bits per heavy atom. The Morgan fingerprint density at radius 3 is 2.72 bits per heavy atom. The number of anilines is 1. The molecular formula is C13H20ClN3O. The van der Waals surface area contributed by atoms with Gasteiger partial charge in [-0.2, -0.15) is 0 Å². The normalized spacial score (nSPS) is 12.0. The number of hydrazine groups is 1. The first-order chi connectivity index (χ1) is 8.62. The quantitative estimate of drug-likeness (QED) is 0.549. The highest BCUT2D eigenvalue weighted by molar-refractivity contribution is 6.31. The number of amides is 1. The maximum atomic E-state index is 12.2. The van der Waals surface area contributed by atoms with Gasteiger partial charge in [0.25, 0.3) is 5.91 Å². The smallest absolute Gasteiger partial charge is 0.253 e. The molecule has 1 aromatic carbocycles. The van der Waals surface area contributed by atoms with Crippen LogP contribution in [0.1, 0.15) is 43.5 Å². The summed E-state index contributed by atoms with van der Waals surface area (Å²) < 4.78 is 0. The Hall–Kier alpha value is -1.26. The van der Waals surface area contributed by atoms with Crippen molar-refractivity contribution in [3.63, 3.8) is 0 Å². The number of nitrogens with one attached hydrogen (secondary N) is 2. The van der Waals surface area contributed by atoms with Gasteiger partial charge in [0.2, 0.25) is 0 Å². The molecule has 0 aliphatic carbocycles. The molecule has 5 heteroatoms. The van der Waals surface area contributed by atoms with E-state index in [0.29, 0.717) is 16.3 Å². The van der Waals surface area contributed by atoms with Gasteiger partial charge in [-0.25, -0.2) is 0 Å². The van der Waals surface area contributed by atoms with Crippen LogP contribution in [-0.4, -0.2) is 11.9 Å². The summed E-state index contributed by atoms with van der Waals surface area (Å²) in [6, 6.07) is 5.19. The standard InChI is InChI=1S/C13H20ClN3O/c1-3-5-10(4-2)16-13(18)11-8-9(14)6-7-12(11)17-15/h6-8,10,17H,3-5,15H2,1-2H3,(H,16,18). The van der Waals surface area contributed by atoms with E-state index in [2.05, 4.69) is 24.6 Å². The Kier molecular flexibility index (Phi) is 5.95. The van der Waals surface area contributed by atoms with Gasteiger partial charge in [0.15, 0.2) is 0 Å². The summed E-state index contributed by atoms with van der Waals surface area (Å²) in [6.45, 7) is 4.15. The molecular weight excluding hydrogens is 250 g/mol. The molecule has 1 amide bonds. The molecule has 0 spiro atoms. The van der Waals surface area contributed by atoms with E-state index in [1.807, 2.05) is 0 Å². The lowest BCUT2D eigenvalue weighted by molar-refractivity contribution is 0.0934. The molecule has 0 saturated heterocycles. The minimum absolute atomic E-state index is 0.147. The molecule has 1 aromatic rings. The third kappa shape index (κ3) is 3.89. The van der Waals surface area contributed by atoms with Crippen LogP contribution in [0.4, 0.5) is 5.69 Å². The van der Waals surface area contributed by atoms with Crippen molar-refractivity contribution < 1.29 is 4.79 Å². The molecule has 0 heterocycles. The lowest BCUT2D eigenvalue weighted by atomic mass is 10.1. The molecule has 0 bridgehead atoms. The van der Waals surface area contributed by atoms with E-state index in [0.717, 1.165) is 19.3 Å². The second-order valence-corrected chi connectivity index (χ2v) is 4.64. The maximum Gasteiger partial charge on any atom is 0.253 e. The highest BCUT2D eigenvalue weighted by Crippen LogP contribution is 2.20. The van der Waals surface area contributed by atoms with E-state index in [1.165, 1.54) is 0 Å². The average Bonchev–Trinajstić information content (AvgIpc) is 2.38. The summed E-state index contributed by atoms with van der Waals surface area (Å²) in [5.41, 5.74) is 3.55. The van der Waals surface area contributed by atoms with Crippen molar-refractivity contribution in [2.24, 2.45) is 5.84 Å². The van der Waals surface area contributed by atoms with Crippen LogP contribution in [0, 0.1) is 0 Å². The summed E-state index contributed by atoms with van der Waals surface area (Å²) in [4.78, 5) is 12.2. The van der Waals surface area contributed by atoms with Crippen molar-refractivity contribution in [1.82, 2.24) is 5.32 Å². The Bertz CT molecular complexity index is 409. The summed E-state index contributed by atoms with van der Waals surface area (Å²) in [5, 5.41) is 3.51. The highest BCUT2D eigenvalue weighted by atomic mass is 35.5. The van der Waals surface area contributed by atoms with Gasteiger partial charge in [-0.15, -0.1) is 0 Å². The number of carbonyl (C=O) groups excluding carboxylic acids is 1. The largest absolute Gasteiger partial charge is 0.349 e. The molecule has 4 nitrogen and oxygen atoms in total. The van der Waals surface area contributed by atoms with E-state index < -0.39 is 0 Å². The predicted molar refractivity (Wildman–Crippen MR) is 75.7 cm³/mol. The molecule has 0 fully saturated rings. The summed E-state index contributed by atoms with van der Waals surface area (Å²) >= 11 is 5.90. The predicted octanol–water partition coefficient (Wildman–Crippen LogP) is 2.93. The molecule has 0 aromatic heterocycles. The molecule has 1 rings (SSSR count). The molecule has 0 radical (unpaired) electrons. The second-order valence-electron chi connectivity index (χ2n) is 4.20. The lowest BCUT2D eigenvalue weighted by Gasteiger charge is -2.17. The third-order valence-corrected chi connectivity index (χ3v) is 3.08. The topological polar surface area (TPSA) is 67.2 Å². The van der Waals surface area contributed by atoms with E-state index in [9.17, 15) is 4.79 Å². The first-order valence-corrected chi connectivity index (χ1v) is 6.57. The SMILES string of the molecule is CCCC(CC)NC(=O)c1cc(Cl)ccc1NN.